The molecule has 56 valence electrons. The maximum absolute atomic E-state index is 3.98. The van der Waals surface area contributed by atoms with E-state index < -0.39 is 0 Å². The van der Waals surface area contributed by atoms with Crippen molar-refractivity contribution >= 4 is 10.6 Å². The van der Waals surface area contributed by atoms with E-state index in [1.807, 2.05) is 10.5 Å². The predicted octanol–water partition coefficient (Wildman–Crippen LogP) is 1.84. The van der Waals surface area contributed by atoms with Gasteiger partial charge in [-0.1, -0.05) is 0 Å². The van der Waals surface area contributed by atoms with E-state index in [0.29, 0.717) is 0 Å². The van der Waals surface area contributed by atoms with Crippen LogP contribution in [0.25, 0.3) is 0 Å². The van der Waals surface area contributed by atoms with Crippen LogP contribution in [-0.2, 0) is 19.4 Å². The van der Waals surface area contributed by atoms with Crippen molar-refractivity contribution in [1.29, 1.82) is 0 Å². The molecule has 10 heavy (non-hydrogen) atoms. The van der Waals surface area contributed by atoms with E-state index in [-0.39, 0.29) is 5.41 Å². The monoisotopic (exact) mass is 306 g/mol. The number of hydrogen-bond donors (Lipinski definition) is 0. The second kappa shape index (κ2) is 4.73. The molecule has 0 fully saturated rings. The summed E-state index contributed by atoms with van der Waals surface area (Å²) < 4.78 is 2.02. The molecule has 0 aliphatic heterocycles. The summed E-state index contributed by atoms with van der Waals surface area (Å²) in [6, 6.07) is 0. The summed E-state index contributed by atoms with van der Waals surface area (Å²) in [6.45, 7) is 6.22. The van der Waals surface area contributed by atoms with E-state index in [1.165, 1.54) is 19.4 Å². The van der Waals surface area contributed by atoms with Crippen molar-refractivity contribution in [1.82, 2.24) is 0 Å². The van der Waals surface area contributed by atoms with Gasteiger partial charge in [0.15, 0.2) is 0 Å². The molecular formula is C8H12NW-. The molecule has 0 aromatic carbocycles. The molecule has 0 atom stereocenters. The van der Waals surface area contributed by atoms with Crippen LogP contribution in [-0.4, -0.2) is 10.6 Å². The molecule has 0 amide bonds. The van der Waals surface area contributed by atoms with Crippen molar-refractivity contribution in [2.45, 2.75) is 20.8 Å². The van der Waals surface area contributed by atoms with Crippen LogP contribution >= 0.6 is 0 Å². The molecule has 0 bridgehead atoms. The molecule has 0 rings (SSSR count). The zero-order chi connectivity index (χ0) is 8.04. The summed E-state index contributed by atoms with van der Waals surface area (Å²) in [5.74, 6) is 0. The van der Waals surface area contributed by atoms with Crippen LogP contribution in [0.4, 0.5) is 0 Å². The number of allylic oxidation sites excluding steroid dienone is 1. The average molecular weight is 306 g/mol. The van der Waals surface area contributed by atoms with Crippen molar-refractivity contribution in [2.75, 3.05) is 0 Å². The number of nitrogens with zero attached hydrogens (tertiary/aromatic N) is 1. The third-order valence-corrected chi connectivity index (χ3v) is 1.20. The number of hydrogen-bond acceptors (Lipinski definition) is 1. The zero-order valence-corrected chi connectivity index (χ0v) is 9.52. The van der Waals surface area contributed by atoms with E-state index in [9.17, 15) is 0 Å². The van der Waals surface area contributed by atoms with Crippen LogP contribution in [0.5, 0.6) is 0 Å². The van der Waals surface area contributed by atoms with E-state index in [4.69, 9.17) is 0 Å². The molecule has 0 radical (unpaired) electrons. The standard InChI is InChI=1S/C8H12N.W/c1-5-6-9-7-8(2,3)4;/h1,5-6H,2-4H3;/q-1;/b6-5-;. The Bertz CT molecular complexity index is 151. The first-order chi connectivity index (χ1) is 4.56. The molecule has 0 N–H and O–H groups in total. The summed E-state index contributed by atoms with van der Waals surface area (Å²) in [6.07, 6.45) is 6.67. The van der Waals surface area contributed by atoms with Crippen molar-refractivity contribution in [3.8, 4) is 0 Å². The Morgan fingerprint density at radius 3 is 2.40 bits per heavy atom. The Labute approximate surface area is 73.7 Å². The Kier molecular flexibility index (Phi) is 4.72. The summed E-state index contributed by atoms with van der Waals surface area (Å²) in [4.78, 5) is 3.98. The Hall–Kier alpha value is -0.0317. The predicted molar refractivity (Wildman–Crippen MR) is 42.1 cm³/mol. The summed E-state index contributed by atoms with van der Waals surface area (Å²) >= 11 is 1.44. The molecule has 2 heteroatoms. The Morgan fingerprint density at radius 1 is 1.40 bits per heavy atom. The minimum absolute atomic E-state index is 0.0743. The SMILES string of the molecule is CC(C)(C)[C-]=N/C=C\[CH]=[W]. The van der Waals surface area contributed by atoms with Crippen molar-refractivity contribution in [2.24, 2.45) is 10.4 Å². The average Bonchev–Trinajstić information content (AvgIpc) is 1.78. The molecule has 1 nitrogen and oxygen atoms in total. The fraction of sp³-hybridized carbons (Fsp3) is 0.500. The second-order valence-electron chi connectivity index (χ2n) is 2.97. The first kappa shape index (κ1) is 9.97. The van der Waals surface area contributed by atoms with Gasteiger partial charge in [0.05, 0.1) is 0 Å². The second-order valence-corrected chi connectivity index (χ2v) is 3.95. The van der Waals surface area contributed by atoms with Gasteiger partial charge in [0.1, 0.15) is 0 Å². The van der Waals surface area contributed by atoms with E-state index >= 15 is 0 Å². The molecule has 0 unspecified atom stereocenters. The van der Waals surface area contributed by atoms with Crippen LogP contribution < -0.4 is 0 Å². The van der Waals surface area contributed by atoms with Gasteiger partial charge in [-0.25, -0.2) is 0 Å². The van der Waals surface area contributed by atoms with Gasteiger partial charge in [0.2, 0.25) is 0 Å². The van der Waals surface area contributed by atoms with Crippen molar-refractivity contribution in [3.05, 3.63) is 12.3 Å². The Morgan fingerprint density at radius 2 is 2.00 bits per heavy atom. The van der Waals surface area contributed by atoms with Crippen molar-refractivity contribution in [3.63, 3.8) is 0 Å². The van der Waals surface area contributed by atoms with Gasteiger partial charge < -0.3 is 0 Å². The molecule has 0 aromatic heterocycles. The molecule has 0 aliphatic rings. The van der Waals surface area contributed by atoms with Crippen LogP contribution in [0.3, 0.4) is 0 Å². The van der Waals surface area contributed by atoms with E-state index in [0.717, 1.165) is 0 Å². The normalized spacial score (nSPS) is 13.1. The molecule has 0 aliphatic carbocycles. The molecular weight excluding hydrogens is 294 g/mol. The van der Waals surface area contributed by atoms with Crippen molar-refractivity contribution < 1.29 is 19.4 Å². The molecule has 0 heterocycles. The molecule has 0 spiro atoms. The fourth-order valence-corrected chi connectivity index (χ4v) is 0.562. The first-order valence-corrected chi connectivity index (χ1v) is 4.83. The quantitative estimate of drug-likeness (QED) is 0.545. The van der Waals surface area contributed by atoms with Crippen LogP contribution in [0.15, 0.2) is 17.3 Å². The zero-order valence-electron chi connectivity index (χ0n) is 6.59. The number of rotatable bonds is 2. The summed E-state index contributed by atoms with van der Waals surface area (Å²) in [5.41, 5.74) is 0.0743. The van der Waals surface area contributed by atoms with Gasteiger partial charge in [-0.2, -0.15) is 0 Å². The molecule has 0 saturated carbocycles. The van der Waals surface area contributed by atoms with Gasteiger partial charge in [-0.05, 0) is 0 Å². The topological polar surface area (TPSA) is 12.4 Å². The van der Waals surface area contributed by atoms with E-state index in [1.54, 1.807) is 6.20 Å². The summed E-state index contributed by atoms with van der Waals surface area (Å²) in [5, 5.41) is 0. The molecule has 0 saturated heterocycles. The van der Waals surface area contributed by atoms with Gasteiger partial charge in [-0.15, -0.1) is 0 Å². The summed E-state index contributed by atoms with van der Waals surface area (Å²) in [7, 11) is 0. The third kappa shape index (κ3) is 7.97. The van der Waals surface area contributed by atoms with E-state index in [2.05, 4.69) is 32.0 Å². The van der Waals surface area contributed by atoms with Gasteiger partial charge in [0, 0.05) is 0 Å². The Balaban J connectivity index is 3.77. The first-order valence-electron chi connectivity index (χ1n) is 3.13. The van der Waals surface area contributed by atoms with Crippen LogP contribution in [0.1, 0.15) is 20.8 Å². The minimum atomic E-state index is 0.0743. The third-order valence-electron chi connectivity index (χ3n) is 0.639. The van der Waals surface area contributed by atoms with Gasteiger partial charge >= 0.3 is 73.4 Å². The van der Waals surface area contributed by atoms with Gasteiger partial charge in [-0.3, -0.25) is 0 Å². The molecule has 0 aromatic rings. The van der Waals surface area contributed by atoms with Gasteiger partial charge in [0.25, 0.3) is 0 Å². The van der Waals surface area contributed by atoms with Crippen LogP contribution in [0.2, 0.25) is 0 Å². The van der Waals surface area contributed by atoms with Crippen LogP contribution in [0, 0.1) is 5.41 Å². The fourth-order valence-electron chi connectivity index (χ4n) is 0.309. The number of aliphatic imine (C=N–C) groups is 1. The maximum atomic E-state index is 3.98.